The molecule has 1 saturated heterocycles. The maximum absolute atomic E-state index is 3.38. The molecule has 1 N–H and O–H groups in total. The van der Waals surface area contributed by atoms with Crippen LogP contribution in [0.5, 0.6) is 0 Å². The average molecular weight is 244 g/mol. The standard InChI is InChI=1S/C16H24N2/c1-14-6-5-8-16(15(14)2)7-3-4-11-18-12-9-17-10-13-18/h3,5-8,17H,4,9-13H2,1-2H3/b7-3+. The highest BCUT2D eigenvalue weighted by Gasteiger charge is 2.07. The van der Waals surface area contributed by atoms with Crippen LogP contribution >= 0.6 is 0 Å². The Balaban J connectivity index is 1.82. The summed E-state index contributed by atoms with van der Waals surface area (Å²) in [5.41, 5.74) is 4.13. The monoisotopic (exact) mass is 244 g/mol. The minimum atomic E-state index is 1.14. The van der Waals surface area contributed by atoms with Gasteiger partial charge in [-0.25, -0.2) is 0 Å². The predicted octanol–water partition coefficient (Wildman–Crippen LogP) is 2.61. The predicted molar refractivity (Wildman–Crippen MR) is 78.9 cm³/mol. The number of nitrogens with one attached hydrogen (secondary N) is 1. The lowest BCUT2D eigenvalue weighted by Gasteiger charge is -2.26. The molecule has 0 atom stereocenters. The van der Waals surface area contributed by atoms with Crippen molar-refractivity contribution in [1.29, 1.82) is 0 Å². The van der Waals surface area contributed by atoms with Crippen LogP contribution in [0, 0.1) is 13.8 Å². The molecule has 1 aromatic carbocycles. The Bertz CT molecular complexity index is 404. The highest BCUT2D eigenvalue weighted by Crippen LogP contribution is 2.14. The topological polar surface area (TPSA) is 15.3 Å². The molecule has 2 heteroatoms. The van der Waals surface area contributed by atoms with E-state index in [0.29, 0.717) is 0 Å². The first kappa shape index (κ1) is 13.3. The quantitative estimate of drug-likeness (QED) is 0.876. The minimum Gasteiger partial charge on any atom is -0.314 e. The van der Waals surface area contributed by atoms with E-state index in [1.807, 2.05) is 0 Å². The first-order chi connectivity index (χ1) is 8.77. The maximum atomic E-state index is 3.38. The summed E-state index contributed by atoms with van der Waals surface area (Å²) >= 11 is 0. The second-order valence-electron chi connectivity index (χ2n) is 5.07. The van der Waals surface area contributed by atoms with E-state index in [1.165, 1.54) is 36.3 Å². The Morgan fingerprint density at radius 3 is 2.78 bits per heavy atom. The smallest absolute Gasteiger partial charge is 0.0107 e. The Hall–Kier alpha value is -1.12. The third kappa shape index (κ3) is 3.69. The van der Waals surface area contributed by atoms with Crippen molar-refractivity contribution < 1.29 is 0 Å². The van der Waals surface area contributed by atoms with Crippen molar-refractivity contribution in [2.45, 2.75) is 20.3 Å². The zero-order chi connectivity index (χ0) is 12.8. The van der Waals surface area contributed by atoms with Gasteiger partial charge >= 0.3 is 0 Å². The lowest BCUT2D eigenvalue weighted by atomic mass is 10.0. The summed E-state index contributed by atoms with van der Waals surface area (Å²) in [7, 11) is 0. The van der Waals surface area contributed by atoms with Gasteiger partial charge in [-0.05, 0) is 37.0 Å². The van der Waals surface area contributed by atoms with Crippen LogP contribution in [0.3, 0.4) is 0 Å². The van der Waals surface area contributed by atoms with Gasteiger partial charge in [0.1, 0.15) is 0 Å². The van der Waals surface area contributed by atoms with Crippen molar-refractivity contribution in [3.05, 3.63) is 41.0 Å². The normalized spacial score (nSPS) is 17.4. The molecule has 0 radical (unpaired) electrons. The van der Waals surface area contributed by atoms with E-state index in [4.69, 9.17) is 0 Å². The van der Waals surface area contributed by atoms with Gasteiger partial charge in [-0.15, -0.1) is 0 Å². The van der Waals surface area contributed by atoms with Crippen LogP contribution in [-0.4, -0.2) is 37.6 Å². The molecule has 0 spiro atoms. The van der Waals surface area contributed by atoms with Crippen molar-refractivity contribution in [2.24, 2.45) is 0 Å². The highest BCUT2D eigenvalue weighted by atomic mass is 15.2. The third-order valence-corrected chi connectivity index (χ3v) is 3.77. The Labute approximate surface area is 111 Å². The zero-order valence-electron chi connectivity index (χ0n) is 11.6. The molecule has 2 rings (SSSR count). The van der Waals surface area contributed by atoms with E-state index >= 15 is 0 Å². The highest BCUT2D eigenvalue weighted by molar-refractivity contribution is 5.55. The first-order valence-corrected chi connectivity index (χ1v) is 6.93. The van der Waals surface area contributed by atoms with Crippen LogP contribution in [-0.2, 0) is 0 Å². The molecular weight excluding hydrogens is 220 g/mol. The summed E-state index contributed by atoms with van der Waals surface area (Å²) in [6.45, 7) is 10.2. The van der Waals surface area contributed by atoms with Gasteiger partial charge in [0.05, 0.1) is 0 Å². The average Bonchev–Trinajstić information content (AvgIpc) is 2.40. The SMILES string of the molecule is Cc1cccc(/C=C/CCN2CCNCC2)c1C. The van der Waals surface area contributed by atoms with Crippen LogP contribution in [0.15, 0.2) is 24.3 Å². The van der Waals surface area contributed by atoms with Crippen LogP contribution in [0.1, 0.15) is 23.1 Å². The largest absolute Gasteiger partial charge is 0.314 e. The van der Waals surface area contributed by atoms with E-state index in [1.54, 1.807) is 0 Å². The van der Waals surface area contributed by atoms with Gasteiger partial charge < -0.3 is 10.2 Å². The molecule has 0 saturated carbocycles. The van der Waals surface area contributed by atoms with Gasteiger partial charge in [0.25, 0.3) is 0 Å². The molecule has 1 aromatic rings. The van der Waals surface area contributed by atoms with Crippen LogP contribution in [0.25, 0.3) is 6.08 Å². The fourth-order valence-electron chi connectivity index (χ4n) is 2.36. The van der Waals surface area contributed by atoms with Gasteiger partial charge in [0, 0.05) is 32.7 Å². The number of rotatable bonds is 4. The van der Waals surface area contributed by atoms with Crippen molar-refractivity contribution in [3.8, 4) is 0 Å². The number of aryl methyl sites for hydroxylation is 1. The number of hydrogen-bond acceptors (Lipinski definition) is 2. The second-order valence-corrected chi connectivity index (χ2v) is 5.07. The first-order valence-electron chi connectivity index (χ1n) is 6.93. The molecule has 1 aliphatic rings. The van der Waals surface area contributed by atoms with Crippen molar-refractivity contribution >= 4 is 6.08 Å². The molecule has 0 aliphatic carbocycles. The van der Waals surface area contributed by atoms with Crippen molar-refractivity contribution in [1.82, 2.24) is 10.2 Å². The number of piperazine rings is 1. The number of nitrogens with zero attached hydrogens (tertiary/aromatic N) is 1. The summed E-state index contributed by atoms with van der Waals surface area (Å²) in [6.07, 6.45) is 5.72. The lowest BCUT2D eigenvalue weighted by Crippen LogP contribution is -2.43. The number of benzene rings is 1. The molecule has 1 aliphatic heterocycles. The van der Waals surface area contributed by atoms with E-state index in [0.717, 1.165) is 19.5 Å². The zero-order valence-corrected chi connectivity index (χ0v) is 11.6. The van der Waals surface area contributed by atoms with E-state index < -0.39 is 0 Å². The molecule has 1 heterocycles. The van der Waals surface area contributed by atoms with Gasteiger partial charge in [0.2, 0.25) is 0 Å². The molecule has 2 nitrogen and oxygen atoms in total. The van der Waals surface area contributed by atoms with Crippen LogP contribution < -0.4 is 5.32 Å². The summed E-state index contributed by atoms with van der Waals surface area (Å²) in [4.78, 5) is 2.53. The van der Waals surface area contributed by atoms with E-state index in [-0.39, 0.29) is 0 Å². The molecule has 98 valence electrons. The van der Waals surface area contributed by atoms with Crippen LogP contribution in [0.2, 0.25) is 0 Å². The van der Waals surface area contributed by atoms with Gasteiger partial charge in [-0.2, -0.15) is 0 Å². The Kier molecular flexibility index (Phi) is 4.97. The third-order valence-electron chi connectivity index (χ3n) is 3.77. The van der Waals surface area contributed by atoms with Gasteiger partial charge in [-0.3, -0.25) is 0 Å². The lowest BCUT2D eigenvalue weighted by molar-refractivity contribution is 0.245. The summed E-state index contributed by atoms with van der Waals surface area (Å²) in [5, 5.41) is 3.38. The van der Waals surface area contributed by atoms with Gasteiger partial charge in [-0.1, -0.05) is 30.4 Å². The minimum absolute atomic E-state index is 1.14. The van der Waals surface area contributed by atoms with Crippen molar-refractivity contribution in [3.63, 3.8) is 0 Å². The molecule has 0 aromatic heterocycles. The molecule has 0 bridgehead atoms. The fourth-order valence-corrected chi connectivity index (χ4v) is 2.36. The summed E-state index contributed by atoms with van der Waals surface area (Å²) in [6, 6.07) is 6.51. The van der Waals surface area contributed by atoms with E-state index in [2.05, 4.69) is 54.4 Å². The Morgan fingerprint density at radius 1 is 1.22 bits per heavy atom. The van der Waals surface area contributed by atoms with Gasteiger partial charge in [0.15, 0.2) is 0 Å². The Morgan fingerprint density at radius 2 is 2.00 bits per heavy atom. The fraction of sp³-hybridized carbons (Fsp3) is 0.500. The maximum Gasteiger partial charge on any atom is 0.0107 e. The molecular formula is C16H24N2. The summed E-state index contributed by atoms with van der Waals surface area (Å²) < 4.78 is 0. The molecule has 1 fully saturated rings. The van der Waals surface area contributed by atoms with Crippen molar-refractivity contribution in [2.75, 3.05) is 32.7 Å². The van der Waals surface area contributed by atoms with Crippen LogP contribution in [0.4, 0.5) is 0 Å². The number of hydrogen-bond donors (Lipinski definition) is 1. The summed E-state index contributed by atoms with van der Waals surface area (Å²) in [5.74, 6) is 0. The van der Waals surface area contributed by atoms with E-state index in [9.17, 15) is 0 Å². The molecule has 0 amide bonds. The molecule has 18 heavy (non-hydrogen) atoms. The molecule has 0 unspecified atom stereocenters. The second kappa shape index (κ2) is 6.72.